The minimum Gasteiger partial charge on any atom is -0.508 e. The molecule has 2 N–H and O–H groups in total. The summed E-state index contributed by atoms with van der Waals surface area (Å²) >= 11 is 0. The molecule has 182 valence electrons. The Morgan fingerprint density at radius 3 is 2.69 bits per heavy atom. The molecule has 2 aliphatic rings. The Labute approximate surface area is 207 Å². The Bertz CT molecular complexity index is 1260. The lowest BCUT2D eigenvalue weighted by atomic mass is 9.55. The lowest BCUT2D eigenvalue weighted by Gasteiger charge is -2.59. The molecule has 1 saturated heterocycles. The summed E-state index contributed by atoms with van der Waals surface area (Å²) in [7, 11) is 1.88. The summed E-state index contributed by atoms with van der Waals surface area (Å²) in [6.07, 6.45) is 4.62. The lowest BCUT2D eigenvalue weighted by Crippen LogP contribution is -2.67. The van der Waals surface area contributed by atoms with Crippen molar-refractivity contribution in [1.82, 2.24) is 9.80 Å². The fourth-order valence-electron chi connectivity index (χ4n) is 6.40. The number of aromatic hydroxyl groups is 1. The number of rotatable bonds is 5. The summed E-state index contributed by atoms with van der Waals surface area (Å²) in [5.41, 5.74) is 0.157. The van der Waals surface area contributed by atoms with Crippen molar-refractivity contribution in [2.24, 2.45) is 0 Å². The molecule has 0 radical (unpaired) electrons. The molecular formula is C30H34N2O3. The van der Waals surface area contributed by atoms with Crippen LogP contribution < -0.4 is 0 Å². The smallest absolute Gasteiger partial charge is 0.253 e. The van der Waals surface area contributed by atoms with Crippen LogP contribution in [0.5, 0.6) is 5.75 Å². The Hall–Kier alpha value is -3.15. The number of likely N-dealkylation sites (tertiary alicyclic amines) is 1. The van der Waals surface area contributed by atoms with Crippen molar-refractivity contribution in [3.63, 3.8) is 0 Å². The Morgan fingerprint density at radius 2 is 1.91 bits per heavy atom. The number of phenols is 1. The summed E-state index contributed by atoms with van der Waals surface area (Å²) < 4.78 is 0. The van der Waals surface area contributed by atoms with Gasteiger partial charge in [0, 0.05) is 37.2 Å². The molecule has 1 amide bonds. The van der Waals surface area contributed by atoms with Crippen molar-refractivity contribution in [2.45, 2.75) is 42.7 Å². The normalized spacial score (nSPS) is 26.7. The van der Waals surface area contributed by atoms with Crippen molar-refractivity contribution in [1.29, 1.82) is 0 Å². The molecule has 0 aromatic heterocycles. The number of nitrogens with zero attached hydrogens (tertiary/aromatic N) is 2. The number of phenolic OH excluding ortho intramolecular Hbond substituents is 1. The molecule has 35 heavy (non-hydrogen) atoms. The SMILES string of the molecule is C=CCN1CC[C@@]2(c3cccc(O)c3)C[C@@H](N(C)C(=O)c3ccc4ccccc4c3)CC[C@]2(O)C1. The van der Waals surface area contributed by atoms with Gasteiger partial charge in [-0.1, -0.05) is 48.5 Å². The van der Waals surface area contributed by atoms with E-state index in [4.69, 9.17) is 0 Å². The average molecular weight is 471 g/mol. The molecule has 5 rings (SSSR count). The van der Waals surface area contributed by atoms with Crippen LogP contribution in [-0.2, 0) is 5.41 Å². The van der Waals surface area contributed by atoms with Gasteiger partial charge in [0.15, 0.2) is 0 Å². The van der Waals surface area contributed by atoms with Crippen LogP contribution in [0, 0.1) is 0 Å². The van der Waals surface area contributed by atoms with Gasteiger partial charge < -0.3 is 15.1 Å². The fraction of sp³-hybridized carbons (Fsp3) is 0.367. The zero-order chi connectivity index (χ0) is 24.6. The van der Waals surface area contributed by atoms with Crippen LogP contribution >= 0.6 is 0 Å². The van der Waals surface area contributed by atoms with Gasteiger partial charge in [-0.2, -0.15) is 0 Å². The highest BCUT2D eigenvalue weighted by atomic mass is 16.3. The van der Waals surface area contributed by atoms with Crippen molar-refractivity contribution < 1.29 is 15.0 Å². The molecule has 1 aliphatic carbocycles. The number of amides is 1. The molecule has 0 bridgehead atoms. The summed E-state index contributed by atoms with van der Waals surface area (Å²) in [5.74, 6) is 0.205. The first kappa shape index (κ1) is 23.6. The number of benzene rings is 3. The first-order chi connectivity index (χ1) is 16.8. The number of β-amino-alcohol motifs (C(OH)–C–C–N with tert-alkyl or cyclic N) is 1. The van der Waals surface area contributed by atoms with Crippen molar-refractivity contribution in [2.75, 3.05) is 26.7 Å². The molecule has 1 saturated carbocycles. The number of hydrogen-bond donors (Lipinski definition) is 2. The van der Waals surface area contributed by atoms with Gasteiger partial charge in [-0.05, 0) is 72.8 Å². The van der Waals surface area contributed by atoms with Gasteiger partial charge in [0.2, 0.25) is 0 Å². The van der Waals surface area contributed by atoms with E-state index in [0.29, 0.717) is 24.9 Å². The number of fused-ring (bicyclic) bond motifs is 2. The van der Waals surface area contributed by atoms with Crippen LogP contribution in [0.15, 0.2) is 79.4 Å². The van der Waals surface area contributed by atoms with Crippen LogP contribution in [0.3, 0.4) is 0 Å². The van der Waals surface area contributed by atoms with Crippen molar-refractivity contribution >= 4 is 16.7 Å². The maximum Gasteiger partial charge on any atom is 0.253 e. The third kappa shape index (κ3) is 4.13. The Kier molecular flexibility index (Phi) is 6.16. The van der Waals surface area contributed by atoms with Gasteiger partial charge in [0.1, 0.15) is 5.75 Å². The highest BCUT2D eigenvalue weighted by molar-refractivity contribution is 5.98. The molecule has 2 fully saturated rings. The molecule has 0 spiro atoms. The first-order valence-electron chi connectivity index (χ1n) is 12.5. The van der Waals surface area contributed by atoms with Gasteiger partial charge in [-0.15, -0.1) is 6.58 Å². The third-order valence-corrected chi connectivity index (χ3v) is 8.36. The van der Waals surface area contributed by atoms with Crippen LogP contribution in [0.4, 0.5) is 0 Å². The van der Waals surface area contributed by atoms with Crippen LogP contribution in [0.2, 0.25) is 0 Å². The van der Waals surface area contributed by atoms with E-state index in [1.165, 1.54) is 0 Å². The Morgan fingerprint density at radius 1 is 1.11 bits per heavy atom. The second kappa shape index (κ2) is 9.14. The van der Waals surface area contributed by atoms with Gasteiger partial charge in [0.05, 0.1) is 5.60 Å². The van der Waals surface area contributed by atoms with E-state index in [1.54, 1.807) is 12.1 Å². The average Bonchev–Trinajstić information content (AvgIpc) is 2.87. The van der Waals surface area contributed by atoms with Crippen molar-refractivity contribution in [3.05, 3.63) is 90.5 Å². The van der Waals surface area contributed by atoms with Crippen LogP contribution in [0.1, 0.15) is 41.6 Å². The number of carbonyl (C=O) groups is 1. The molecule has 1 heterocycles. The summed E-state index contributed by atoms with van der Waals surface area (Å²) in [6.45, 7) is 6.00. The predicted octanol–water partition coefficient (Wildman–Crippen LogP) is 4.73. The molecule has 3 aromatic rings. The van der Waals surface area contributed by atoms with E-state index in [2.05, 4.69) is 11.5 Å². The number of aliphatic hydroxyl groups is 1. The van der Waals surface area contributed by atoms with E-state index in [9.17, 15) is 15.0 Å². The van der Waals surface area contributed by atoms with Gasteiger partial charge in [-0.25, -0.2) is 0 Å². The van der Waals surface area contributed by atoms with Gasteiger partial charge in [-0.3, -0.25) is 9.69 Å². The summed E-state index contributed by atoms with van der Waals surface area (Å²) in [6, 6.07) is 21.2. The molecule has 5 nitrogen and oxygen atoms in total. The second-order valence-corrected chi connectivity index (χ2v) is 10.3. The van der Waals surface area contributed by atoms with Gasteiger partial charge in [0.25, 0.3) is 5.91 Å². The van der Waals surface area contributed by atoms with E-state index in [0.717, 1.165) is 42.3 Å². The topological polar surface area (TPSA) is 64.0 Å². The minimum absolute atomic E-state index is 0.00125. The molecule has 0 unspecified atom stereocenters. The monoisotopic (exact) mass is 470 g/mol. The molecule has 5 heteroatoms. The standard InChI is InChI=1S/C30H34N2O3/c1-3-16-32-17-15-29(25-9-6-10-27(33)19-25)20-26(13-14-30(29,35)21-32)31(2)28(34)24-12-11-22-7-4-5-8-23(22)18-24/h3-12,18-19,26,33,35H,1,13-17,20-21H2,2H3/t26-,29-,30-/m0/s1. The quantitative estimate of drug-likeness (QED) is 0.529. The number of piperidine rings is 1. The van der Waals surface area contributed by atoms with E-state index < -0.39 is 11.0 Å². The Balaban J connectivity index is 1.46. The summed E-state index contributed by atoms with van der Waals surface area (Å²) in [4.78, 5) is 17.7. The number of hydrogen-bond acceptors (Lipinski definition) is 4. The summed E-state index contributed by atoms with van der Waals surface area (Å²) in [5, 5.41) is 24.5. The number of carbonyl (C=O) groups excluding carboxylic acids is 1. The van der Waals surface area contributed by atoms with Crippen LogP contribution in [0.25, 0.3) is 10.8 Å². The van der Waals surface area contributed by atoms with Gasteiger partial charge >= 0.3 is 0 Å². The zero-order valence-electron chi connectivity index (χ0n) is 20.4. The molecule has 3 aromatic carbocycles. The molecule has 1 aliphatic heterocycles. The molecule has 3 atom stereocenters. The third-order valence-electron chi connectivity index (χ3n) is 8.36. The maximum atomic E-state index is 13.6. The van der Waals surface area contributed by atoms with E-state index in [1.807, 2.05) is 72.6 Å². The van der Waals surface area contributed by atoms with Crippen LogP contribution in [-0.4, -0.2) is 64.2 Å². The highest BCUT2D eigenvalue weighted by Crippen LogP contribution is 2.52. The van der Waals surface area contributed by atoms with E-state index >= 15 is 0 Å². The second-order valence-electron chi connectivity index (χ2n) is 10.3. The largest absolute Gasteiger partial charge is 0.508 e. The first-order valence-corrected chi connectivity index (χ1v) is 12.5. The highest BCUT2D eigenvalue weighted by Gasteiger charge is 2.58. The molecular weight excluding hydrogens is 436 g/mol. The predicted molar refractivity (Wildman–Crippen MR) is 140 cm³/mol. The van der Waals surface area contributed by atoms with E-state index in [-0.39, 0.29) is 17.7 Å². The lowest BCUT2D eigenvalue weighted by molar-refractivity contribution is -0.130. The van der Waals surface area contributed by atoms with Crippen molar-refractivity contribution in [3.8, 4) is 5.75 Å². The minimum atomic E-state index is -0.939. The zero-order valence-corrected chi connectivity index (χ0v) is 20.4. The maximum absolute atomic E-state index is 13.6. The fourth-order valence-corrected chi connectivity index (χ4v) is 6.40.